The van der Waals surface area contributed by atoms with Crippen LogP contribution in [-0.2, 0) is 0 Å². The zero-order valence-corrected chi connectivity index (χ0v) is 10.4. The number of nitrogens with zero attached hydrogens (tertiary/aromatic N) is 1. The lowest BCUT2D eigenvalue weighted by molar-refractivity contribution is 0.0968. The van der Waals surface area contributed by atoms with Gasteiger partial charge < -0.3 is 0 Å². The summed E-state index contributed by atoms with van der Waals surface area (Å²) in [4.78, 5) is 13.9. The van der Waals surface area contributed by atoms with E-state index < -0.39 is 0 Å². The summed E-state index contributed by atoms with van der Waals surface area (Å²) in [5.41, 5.74) is 0.423. The second kappa shape index (κ2) is 7.56. The Morgan fingerprint density at radius 1 is 1.28 bits per heavy atom. The van der Waals surface area contributed by atoms with Crippen LogP contribution in [0.15, 0.2) is 49.6 Å². The van der Waals surface area contributed by atoms with Crippen molar-refractivity contribution >= 4 is 5.78 Å². The number of Topliss-reactive ketones (excluding diaryl/α,β-unsaturated/α-hetero) is 1. The van der Waals surface area contributed by atoms with Gasteiger partial charge in [-0.2, -0.15) is 0 Å². The molecule has 0 fully saturated rings. The largest absolute Gasteiger partial charge is 0.296 e. The maximum atomic E-state index is 13.0. The predicted octanol–water partition coefficient (Wildman–Crippen LogP) is 3.07. The second-order valence-corrected chi connectivity index (χ2v) is 4.02. The quantitative estimate of drug-likeness (QED) is 0.520. The van der Waals surface area contributed by atoms with Gasteiger partial charge >= 0.3 is 0 Å². The van der Waals surface area contributed by atoms with E-state index in [1.807, 2.05) is 0 Å². The molecule has 0 aliphatic rings. The number of halogens is 1. The summed E-state index contributed by atoms with van der Waals surface area (Å²) < 4.78 is 13.0. The Morgan fingerprint density at radius 2 is 1.94 bits per heavy atom. The molecule has 0 aliphatic heterocycles. The minimum absolute atomic E-state index is 0.0485. The van der Waals surface area contributed by atoms with Gasteiger partial charge in [-0.25, -0.2) is 4.39 Å². The third kappa shape index (κ3) is 4.63. The van der Waals surface area contributed by atoms with Crippen molar-refractivity contribution in [2.45, 2.75) is 6.42 Å². The van der Waals surface area contributed by atoms with Gasteiger partial charge in [-0.3, -0.25) is 9.69 Å². The van der Waals surface area contributed by atoms with E-state index in [0.717, 1.165) is 0 Å². The number of ketones is 1. The Labute approximate surface area is 107 Å². The molecule has 96 valence electrons. The monoisotopic (exact) mass is 247 g/mol. The van der Waals surface area contributed by atoms with Gasteiger partial charge in [0.1, 0.15) is 5.82 Å². The smallest absolute Gasteiger partial charge is 0.164 e. The number of carbonyl (C=O) groups is 1. The van der Waals surface area contributed by atoms with Gasteiger partial charge in [0, 0.05) is 31.6 Å². The molecule has 0 saturated heterocycles. The number of hydrogen-bond donors (Lipinski definition) is 0. The van der Waals surface area contributed by atoms with Crippen LogP contribution in [0.2, 0.25) is 0 Å². The molecule has 0 unspecified atom stereocenters. The summed E-state index contributed by atoms with van der Waals surface area (Å²) >= 11 is 0. The van der Waals surface area contributed by atoms with Gasteiger partial charge in [0.15, 0.2) is 5.78 Å². The Morgan fingerprint density at radius 3 is 2.50 bits per heavy atom. The molecular weight excluding hydrogens is 229 g/mol. The molecule has 3 heteroatoms. The summed E-state index contributed by atoms with van der Waals surface area (Å²) in [7, 11) is 0. The minimum Gasteiger partial charge on any atom is -0.296 e. The SMILES string of the molecule is C=CCN(CC=C)CCC(=O)c1cccc(F)c1. The average molecular weight is 247 g/mol. The maximum Gasteiger partial charge on any atom is 0.164 e. The van der Waals surface area contributed by atoms with Crippen molar-refractivity contribution in [3.05, 3.63) is 61.0 Å². The minimum atomic E-state index is -0.380. The van der Waals surface area contributed by atoms with Crippen LogP contribution >= 0.6 is 0 Å². The van der Waals surface area contributed by atoms with E-state index in [4.69, 9.17) is 0 Å². The van der Waals surface area contributed by atoms with Crippen LogP contribution in [0.5, 0.6) is 0 Å². The zero-order chi connectivity index (χ0) is 13.4. The molecule has 0 N–H and O–H groups in total. The Kier molecular flexibility index (Phi) is 6.01. The van der Waals surface area contributed by atoms with Gasteiger partial charge in [-0.1, -0.05) is 24.3 Å². The fraction of sp³-hybridized carbons (Fsp3) is 0.267. The van der Waals surface area contributed by atoms with Gasteiger partial charge in [-0.15, -0.1) is 13.2 Å². The van der Waals surface area contributed by atoms with E-state index in [0.29, 0.717) is 31.6 Å². The molecule has 18 heavy (non-hydrogen) atoms. The molecule has 0 atom stereocenters. The summed E-state index contributed by atoms with van der Waals surface area (Å²) in [5.74, 6) is -0.428. The zero-order valence-electron chi connectivity index (χ0n) is 10.4. The number of benzene rings is 1. The van der Waals surface area contributed by atoms with Crippen molar-refractivity contribution in [1.29, 1.82) is 0 Å². The first-order valence-corrected chi connectivity index (χ1v) is 5.90. The summed E-state index contributed by atoms with van der Waals surface area (Å²) in [6.45, 7) is 9.38. The van der Waals surface area contributed by atoms with Crippen LogP contribution in [0, 0.1) is 5.82 Å². The lowest BCUT2D eigenvalue weighted by atomic mass is 10.1. The summed E-state index contributed by atoms with van der Waals surface area (Å²) in [6, 6.07) is 5.79. The molecule has 1 aromatic carbocycles. The molecule has 1 aromatic rings. The number of carbonyl (C=O) groups excluding carboxylic acids is 1. The molecule has 0 aliphatic carbocycles. The van der Waals surface area contributed by atoms with Gasteiger partial charge in [-0.05, 0) is 12.1 Å². The van der Waals surface area contributed by atoms with Crippen LogP contribution in [0.3, 0.4) is 0 Å². The highest BCUT2D eigenvalue weighted by atomic mass is 19.1. The van der Waals surface area contributed by atoms with Crippen molar-refractivity contribution in [2.24, 2.45) is 0 Å². The van der Waals surface area contributed by atoms with Gasteiger partial charge in [0.05, 0.1) is 0 Å². The highest BCUT2D eigenvalue weighted by Crippen LogP contribution is 2.07. The molecule has 0 radical (unpaired) electrons. The van der Waals surface area contributed by atoms with E-state index in [-0.39, 0.29) is 11.6 Å². The van der Waals surface area contributed by atoms with Crippen LogP contribution in [-0.4, -0.2) is 30.3 Å². The van der Waals surface area contributed by atoms with Gasteiger partial charge in [0.2, 0.25) is 0 Å². The van der Waals surface area contributed by atoms with Crippen LogP contribution in [0.1, 0.15) is 16.8 Å². The van der Waals surface area contributed by atoms with Crippen molar-refractivity contribution in [3.63, 3.8) is 0 Å². The molecule has 0 bridgehead atoms. The van der Waals surface area contributed by atoms with Crippen molar-refractivity contribution in [3.8, 4) is 0 Å². The molecule has 2 nitrogen and oxygen atoms in total. The predicted molar refractivity (Wildman–Crippen MR) is 72.2 cm³/mol. The molecule has 0 saturated carbocycles. The molecule has 0 aromatic heterocycles. The highest BCUT2D eigenvalue weighted by Gasteiger charge is 2.09. The molecular formula is C15H18FNO. The van der Waals surface area contributed by atoms with Crippen LogP contribution in [0.4, 0.5) is 4.39 Å². The normalized spacial score (nSPS) is 10.3. The Balaban J connectivity index is 2.53. The van der Waals surface area contributed by atoms with Gasteiger partial charge in [0.25, 0.3) is 0 Å². The Hall–Kier alpha value is -1.74. The first kappa shape index (κ1) is 14.3. The standard InChI is InChI=1S/C15H18FNO/c1-3-9-17(10-4-2)11-8-15(18)13-6-5-7-14(16)12-13/h3-7,12H,1-2,8-11H2. The molecule has 0 spiro atoms. The number of rotatable bonds is 8. The highest BCUT2D eigenvalue weighted by molar-refractivity contribution is 5.96. The average Bonchev–Trinajstić information content (AvgIpc) is 2.36. The first-order valence-electron chi connectivity index (χ1n) is 5.90. The van der Waals surface area contributed by atoms with E-state index in [1.165, 1.54) is 12.1 Å². The van der Waals surface area contributed by atoms with E-state index >= 15 is 0 Å². The lowest BCUT2D eigenvalue weighted by Gasteiger charge is -2.17. The topological polar surface area (TPSA) is 20.3 Å². The van der Waals surface area contributed by atoms with E-state index in [2.05, 4.69) is 18.1 Å². The third-order valence-electron chi connectivity index (χ3n) is 2.58. The number of hydrogen-bond acceptors (Lipinski definition) is 2. The van der Waals surface area contributed by atoms with Crippen LogP contribution in [0.25, 0.3) is 0 Å². The fourth-order valence-corrected chi connectivity index (χ4v) is 1.69. The molecule has 0 amide bonds. The van der Waals surface area contributed by atoms with E-state index in [9.17, 15) is 9.18 Å². The maximum absolute atomic E-state index is 13.0. The molecule has 0 heterocycles. The summed E-state index contributed by atoms with van der Waals surface area (Å²) in [5, 5.41) is 0. The Bertz CT molecular complexity index is 418. The lowest BCUT2D eigenvalue weighted by Crippen LogP contribution is -2.26. The summed E-state index contributed by atoms with van der Waals surface area (Å²) in [6.07, 6.45) is 3.94. The van der Waals surface area contributed by atoms with Crippen molar-refractivity contribution < 1.29 is 9.18 Å². The van der Waals surface area contributed by atoms with E-state index in [1.54, 1.807) is 24.3 Å². The van der Waals surface area contributed by atoms with Crippen LogP contribution < -0.4 is 0 Å². The second-order valence-electron chi connectivity index (χ2n) is 4.02. The van der Waals surface area contributed by atoms with Crippen molar-refractivity contribution in [2.75, 3.05) is 19.6 Å². The molecule has 1 rings (SSSR count). The first-order chi connectivity index (χ1) is 8.67. The fourth-order valence-electron chi connectivity index (χ4n) is 1.69. The van der Waals surface area contributed by atoms with Crippen molar-refractivity contribution in [1.82, 2.24) is 4.90 Å². The third-order valence-corrected chi connectivity index (χ3v) is 2.58.